The molecule has 1 aliphatic rings. The summed E-state index contributed by atoms with van der Waals surface area (Å²) in [4.78, 5) is 2.78. The largest absolute Gasteiger partial charge is 1.00 e. The Morgan fingerprint density at radius 1 is 1.00 bits per heavy atom. The molecule has 0 amide bonds. The summed E-state index contributed by atoms with van der Waals surface area (Å²) in [7, 11) is 0. The Bertz CT molecular complexity index is 206. The smallest absolute Gasteiger partial charge is 0.123 e. The molecule has 0 fully saturated rings. The van der Waals surface area contributed by atoms with Gasteiger partial charge >= 0.3 is 0 Å². The summed E-state index contributed by atoms with van der Waals surface area (Å²) in [5.74, 6) is 0. The van der Waals surface area contributed by atoms with Gasteiger partial charge in [0, 0.05) is 0 Å². The first-order valence-corrected chi connectivity index (χ1v) is 4.47. The second-order valence-corrected chi connectivity index (χ2v) is 3.90. The number of hydrogen-bond acceptors (Lipinski definition) is 2. The number of benzene rings is 1. The van der Waals surface area contributed by atoms with Crippen LogP contribution in [0.25, 0.3) is 0 Å². The van der Waals surface area contributed by atoms with Gasteiger partial charge < -0.3 is 12.4 Å². The van der Waals surface area contributed by atoms with E-state index in [0.717, 1.165) is 0 Å². The van der Waals surface area contributed by atoms with E-state index in [1.165, 1.54) is 9.79 Å². The molecule has 0 unspecified atom stereocenters. The maximum Gasteiger partial charge on any atom is 0.123 e. The molecule has 10 heavy (non-hydrogen) atoms. The van der Waals surface area contributed by atoms with Crippen LogP contribution in [-0.2, 0) is 0 Å². The van der Waals surface area contributed by atoms with Crippen LogP contribution >= 0.6 is 23.9 Å². The lowest BCUT2D eigenvalue weighted by atomic mass is 10.4. The Balaban J connectivity index is 0.000000500. The molecule has 0 bridgehead atoms. The number of nitrogens with two attached hydrogens (primary N) is 1. The SMILES string of the molecule is [Cl-].c1ccc2c(c1)S[NH2+]S2. The molecule has 1 heterocycles. The summed E-state index contributed by atoms with van der Waals surface area (Å²) in [6, 6.07) is 8.45. The monoisotopic (exact) mass is 191 g/mol. The van der Waals surface area contributed by atoms with E-state index in [1.807, 2.05) is 0 Å². The predicted molar refractivity (Wildman–Crippen MR) is 40.1 cm³/mol. The van der Waals surface area contributed by atoms with Gasteiger partial charge in [-0.05, 0) is 12.1 Å². The van der Waals surface area contributed by atoms with Crippen molar-refractivity contribution in [2.45, 2.75) is 9.79 Å². The molecule has 0 aromatic heterocycles. The Morgan fingerprint density at radius 2 is 1.50 bits per heavy atom. The van der Waals surface area contributed by atoms with Crippen LogP contribution in [0.2, 0.25) is 0 Å². The van der Waals surface area contributed by atoms with E-state index in [0.29, 0.717) is 0 Å². The zero-order valence-corrected chi connectivity index (χ0v) is 7.47. The van der Waals surface area contributed by atoms with Crippen molar-refractivity contribution in [1.82, 2.24) is 0 Å². The van der Waals surface area contributed by atoms with Crippen LogP contribution in [0.5, 0.6) is 0 Å². The number of quaternary nitrogens is 1. The number of halogens is 1. The lowest BCUT2D eigenvalue weighted by molar-refractivity contribution is -0.264. The van der Waals surface area contributed by atoms with Crippen LogP contribution in [-0.4, -0.2) is 0 Å². The number of hydrogen-bond donors (Lipinski definition) is 1. The van der Waals surface area contributed by atoms with Gasteiger partial charge in [-0.15, -0.1) is 0 Å². The third kappa shape index (κ3) is 1.42. The summed E-state index contributed by atoms with van der Waals surface area (Å²) in [6.45, 7) is 0. The molecule has 0 spiro atoms. The minimum atomic E-state index is 0. The lowest BCUT2D eigenvalue weighted by Crippen LogP contribution is -3.00. The number of fused-ring (bicyclic) bond motifs is 1. The fourth-order valence-electron chi connectivity index (χ4n) is 0.773. The molecule has 4 heteroatoms. The molecule has 1 nitrogen and oxygen atoms in total. The van der Waals surface area contributed by atoms with Gasteiger partial charge in [0.25, 0.3) is 0 Å². The molecule has 2 N–H and O–H groups in total. The zero-order valence-electron chi connectivity index (χ0n) is 5.08. The fraction of sp³-hybridized carbons (Fsp3) is 0. The molecule has 0 saturated carbocycles. The first kappa shape index (κ1) is 8.27. The second-order valence-electron chi connectivity index (χ2n) is 1.78. The van der Waals surface area contributed by atoms with Crippen LogP contribution in [0.3, 0.4) is 0 Å². The maximum absolute atomic E-state index is 2.16. The van der Waals surface area contributed by atoms with E-state index >= 15 is 0 Å². The first-order valence-electron chi connectivity index (χ1n) is 2.71. The minimum Gasteiger partial charge on any atom is -1.00 e. The standard InChI is InChI=1S/C6H5NS2.ClH/c1-2-4-6-5(3-1)8-7-9-6;/h1-4,7H;1H. The van der Waals surface area contributed by atoms with E-state index in [2.05, 4.69) is 28.4 Å². The summed E-state index contributed by atoms with van der Waals surface area (Å²) in [5, 5.41) is 0. The average molecular weight is 192 g/mol. The van der Waals surface area contributed by atoms with Gasteiger partial charge in [0.1, 0.15) is 23.9 Å². The van der Waals surface area contributed by atoms with E-state index in [1.54, 1.807) is 23.9 Å². The van der Waals surface area contributed by atoms with Crippen molar-refractivity contribution < 1.29 is 16.5 Å². The minimum absolute atomic E-state index is 0. The molecular weight excluding hydrogens is 186 g/mol. The molecule has 0 saturated heterocycles. The van der Waals surface area contributed by atoms with Crippen molar-refractivity contribution in [3.05, 3.63) is 24.3 Å². The van der Waals surface area contributed by atoms with Crippen LogP contribution in [0.15, 0.2) is 34.1 Å². The van der Waals surface area contributed by atoms with Crippen LogP contribution in [0.4, 0.5) is 0 Å². The van der Waals surface area contributed by atoms with Gasteiger partial charge in [-0.1, -0.05) is 12.1 Å². The highest BCUT2D eigenvalue weighted by molar-refractivity contribution is 8.07. The summed E-state index contributed by atoms with van der Waals surface area (Å²) in [6.07, 6.45) is 0. The molecule has 0 aliphatic carbocycles. The molecule has 1 aromatic carbocycles. The highest BCUT2D eigenvalue weighted by Gasteiger charge is 2.15. The zero-order chi connectivity index (χ0) is 6.10. The quantitative estimate of drug-likeness (QED) is 0.492. The highest BCUT2D eigenvalue weighted by Crippen LogP contribution is 2.29. The molecular formula is C6H6ClNS2. The number of rotatable bonds is 0. The third-order valence-electron chi connectivity index (χ3n) is 1.20. The summed E-state index contributed by atoms with van der Waals surface area (Å²) in [5.41, 5.74) is 0. The molecule has 2 rings (SSSR count). The van der Waals surface area contributed by atoms with Crippen molar-refractivity contribution in [3.63, 3.8) is 0 Å². The van der Waals surface area contributed by atoms with Gasteiger partial charge in [0.2, 0.25) is 0 Å². The van der Waals surface area contributed by atoms with E-state index < -0.39 is 0 Å². The van der Waals surface area contributed by atoms with Gasteiger partial charge in [-0.25, -0.2) is 4.13 Å². The van der Waals surface area contributed by atoms with Gasteiger partial charge in [0.15, 0.2) is 0 Å². The van der Waals surface area contributed by atoms with E-state index in [-0.39, 0.29) is 12.4 Å². The summed E-state index contributed by atoms with van der Waals surface area (Å²) >= 11 is 3.61. The van der Waals surface area contributed by atoms with Crippen molar-refractivity contribution in [3.8, 4) is 0 Å². The van der Waals surface area contributed by atoms with Crippen molar-refractivity contribution >= 4 is 23.9 Å². The lowest BCUT2D eigenvalue weighted by Gasteiger charge is -1.84. The van der Waals surface area contributed by atoms with Crippen LogP contribution < -0.4 is 16.5 Å². The topological polar surface area (TPSA) is 16.6 Å². The Labute approximate surface area is 74.6 Å². The predicted octanol–water partition coefficient (Wildman–Crippen LogP) is -1.72. The highest BCUT2D eigenvalue weighted by atomic mass is 35.5. The van der Waals surface area contributed by atoms with Crippen molar-refractivity contribution in [2.24, 2.45) is 0 Å². The molecule has 1 aliphatic heterocycles. The first-order chi connectivity index (χ1) is 4.47. The maximum atomic E-state index is 2.16. The van der Waals surface area contributed by atoms with Gasteiger partial charge in [-0.3, -0.25) is 0 Å². The average Bonchev–Trinajstić information content (AvgIpc) is 2.33. The molecule has 0 radical (unpaired) electrons. The van der Waals surface area contributed by atoms with Crippen LogP contribution in [0.1, 0.15) is 0 Å². The van der Waals surface area contributed by atoms with Gasteiger partial charge in [-0.2, -0.15) is 0 Å². The van der Waals surface area contributed by atoms with Crippen molar-refractivity contribution in [1.29, 1.82) is 0 Å². The normalized spacial score (nSPS) is 14.0. The van der Waals surface area contributed by atoms with Crippen LogP contribution in [0, 0.1) is 0 Å². The Kier molecular flexibility index (Phi) is 2.92. The van der Waals surface area contributed by atoms with Crippen molar-refractivity contribution in [2.75, 3.05) is 0 Å². The molecule has 0 atom stereocenters. The van der Waals surface area contributed by atoms with Gasteiger partial charge in [0.05, 0.1) is 9.79 Å². The Hall–Kier alpha value is 0.170. The molecule has 1 aromatic rings. The Morgan fingerprint density at radius 3 is 2.00 bits per heavy atom. The fourth-order valence-corrected chi connectivity index (χ4v) is 2.77. The third-order valence-corrected chi connectivity index (χ3v) is 3.32. The molecule has 54 valence electrons. The summed E-state index contributed by atoms with van der Waals surface area (Å²) < 4.78 is 2.16. The van der Waals surface area contributed by atoms with E-state index in [4.69, 9.17) is 0 Å². The van der Waals surface area contributed by atoms with E-state index in [9.17, 15) is 0 Å². The second kappa shape index (κ2) is 3.53.